The number of nitrogens with zero attached hydrogens (tertiary/aromatic N) is 1. The van der Waals surface area contributed by atoms with E-state index in [2.05, 4.69) is 10.2 Å². The molecule has 0 atom stereocenters. The fourth-order valence-electron chi connectivity index (χ4n) is 1.41. The van der Waals surface area contributed by atoms with Crippen molar-refractivity contribution in [2.45, 2.75) is 6.92 Å². The van der Waals surface area contributed by atoms with Crippen LogP contribution >= 0.6 is 11.6 Å². The van der Waals surface area contributed by atoms with E-state index in [9.17, 15) is 4.79 Å². The van der Waals surface area contributed by atoms with Gasteiger partial charge in [-0.05, 0) is 18.6 Å². The van der Waals surface area contributed by atoms with Gasteiger partial charge >= 0.3 is 0 Å². The fraction of sp³-hybridized carbons (Fsp3) is 0.0909. The minimum atomic E-state index is -0.231. The molecule has 1 heterocycles. The van der Waals surface area contributed by atoms with Crippen LogP contribution < -0.4 is 5.56 Å². The molecular formula is C11H9ClN2O. The molecule has 15 heavy (non-hydrogen) atoms. The highest BCUT2D eigenvalue weighted by atomic mass is 35.5. The maximum atomic E-state index is 11.5. The van der Waals surface area contributed by atoms with E-state index in [4.69, 9.17) is 11.6 Å². The van der Waals surface area contributed by atoms with Crippen LogP contribution in [0.15, 0.2) is 35.1 Å². The van der Waals surface area contributed by atoms with Crippen LogP contribution in [0.5, 0.6) is 0 Å². The first-order valence-electron chi connectivity index (χ1n) is 4.49. The molecule has 0 saturated carbocycles. The third-order valence-corrected chi connectivity index (χ3v) is 2.30. The zero-order chi connectivity index (χ0) is 10.8. The van der Waals surface area contributed by atoms with Crippen molar-refractivity contribution in [3.05, 3.63) is 51.4 Å². The topological polar surface area (TPSA) is 45.8 Å². The molecule has 0 amide bonds. The Bertz CT molecular complexity index is 548. The molecule has 2 rings (SSSR count). The highest BCUT2D eigenvalue weighted by Gasteiger charge is 2.04. The van der Waals surface area contributed by atoms with Gasteiger partial charge in [0.05, 0.1) is 5.56 Å². The molecule has 4 heteroatoms. The number of benzene rings is 1. The van der Waals surface area contributed by atoms with E-state index in [0.29, 0.717) is 5.56 Å². The summed E-state index contributed by atoms with van der Waals surface area (Å²) in [5.74, 6) is 0. The summed E-state index contributed by atoms with van der Waals surface area (Å²) in [6.07, 6.45) is 0. The molecule has 2 aromatic rings. The molecule has 0 unspecified atom stereocenters. The van der Waals surface area contributed by atoms with Crippen LogP contribution in [0.4, 0.5) is 0 Å². The van der Waals surface area contributed by atoms with Crippen LogP contribution in [0.1, 0.15) is 5.56 Å². The van der Waals surface area contributed by atoms with Gasteiger partial charge in [-0.2, -0.15) is 5.10 Å². The molecule has 76 valence electrons. The molecule has 1 aromatic heterocycles. The monoisotopic (exact) mass is 220 g/mol. The van der Waals surface area contributed by atoms with Gasteiger partial charge in [0, 0.05) is 0 Å². The number of rotatable bonds is 1. The van der Waals surface area contributed by atoms with Crippen molar-refractivity contribution in [2.75, 3.05) is 0 Å². The second kappa shape index (κ2) is 3.87. The van der Waals surface area contributed by atoms with Crippen LogP contribution in [-0.2, 0) is 0 Å². The Hall–Kier alpha value is -1.61. The van der Waals surface area contributed by atoms with Gasteiger partial charge < -0.3 is 0 Å². The average Bonchev–Trinajstić information content (AvgIpc) is 2.22. The van der Waals surface area contributed by atoms with E-state index in [1.54, 1.807) is 6.07 Å². The second-order valence-electron chi connectivity index (χ2n) is 3.30. The number of aromatic amines is 1. The lowest BCUT2D eigenvalue weighted by Crippen LogP contribution is -2.10. The summed E-state index contributed by atoms with van der Waals surface area (Å²) in [5, 5.41) is 6.25. The molecule has 0 radical (unpaired) electrons. The van der Waals surface area contributed by atoms with Gasteiger partial charge in [0.25, 0.3) is 5.56 Å². The predicted molar refractivity (Wildman–Crippen MR) is 60.0 cm³/mol. The standard InChI is InChI=1S/C11H9ClN2O/c1-7-3-2-4-8(5-7)9-6-10(12)13-14-11(9)15/h2-6H,1H3,(H,14,15). The summed E-state index contributed by atoms with van der Waals surface area (Å²) in [6, 6.07) is 9.24. The Morgan fingerprint density at radius 3 is 2.87 bits per heavy atom. The largest absolute Gasteiger partial charge is 0.272 e. The number of halogens is 1. The molecule has 0 spiro atoms. The van der Waals surface area contributed by atoms with Crippen molar-refractivity contribution in [3.8, 4) is 11.1 Å². The second-order valence-corrected chi connectivity index (χ2v) is 3.69. The van der Waals surface area contributed by atoms with E-state index in [-0.39, 0.29) is 10.7 Å². The first-order chi connectivity index (χ1) is 7.16. The molecule has 0 bridgehead atoms. The van der Waals surface area contributed by atoms with E-state index in [1.807, 2.05) is 31.2 Å². The zero-order valence-corrected chi connectivity index (χ0v) is 8.88. The molecule has 0 aliphatic rings. The lowest BCUT2D eigenvalue weighted by atomic mass is 10.1. The Morgan fingerprint density at radius 1 is 1.33 bits per heavy atom. The number of hydrogen-bond acceptors (Lipinski definition) is 2. The maximum Gasteiger partial charge on any atom is 0.272 e. The quantitative estimate of drug-likeness (QED) is 0.802. The highest BCUT2D eigenvalue weighted by molar-refractivity contribution is 6.29. The predicted octanol–water partition coefficient (Wildman–Crippen LogP) is 2.40. The summed E-state index contributed by atoms with van der Waals surface area (Å²) < 4.78 is 0. The number of hydrogen-bond donors (Lipinski definition) is 1. The molecule has 0 aliphatic carbocycles. The van der Waals surface area contributed by atoms with Gasteiger partial charge in [0.1, 0.15) is 5.15 Å². The van der Waals surface area contributed by atoms with Gasteiger partial charge in [0.15, 0.2) is 0 Å². The van der Waals surface area contributed by atoms with Gasteiger partial charge in [-0.3, -0.25) is 4.79 Å². The lowest BCUT2D eigenvalue weighted by Gasteiger charge is -2.01. The third kappa shape index (κ3) is 2.07. The van der Waals surface area contributed by atoms with Crippen molar-refractivity contribution in [3.63, 3.8) is 0 Å². The van der Waals surface area contributed by atoms with E-state index in [0.717, 1.165) is 11.1 Å². The van der Waals surface area contributed by atoms with E-state index in [1.165, 1.54) is 0 Å². The van der Waals surface area contributed by atoms with Crippen molar-refractivity contribution < 1.29 is 0 Å². The summed E-state index contributed by atoms with van der Waals surface area (Å²) in [4.78, 5) is 11.5. The molecule has 3 nitrogen and oxygen atoms in total. The average molecular weight is 221 g/mol. The maximum absolute atomic E-state index is 11.5. The normalized spacial score (nSPS) is 10.3. The minimum Gasteiger partial charge on any atom is -0.267 e. The molecular weight excluding hydrogens is 212 g/mol. The summed E-state index contributed by atoms with van der Waals surface area (Å²) in [5.41, 5.74) is 2.25. The highest BCUT2D eigenvalue weighted by Crippen LogP contribution is 2.17. The first-order valence-corrected chi connectivity index (χ1v) is 4.87. The molecule has 1 aromatic carbocycles. The van der Waals surface area contributed by atoms with Crippen molar-refractivity contribution in [1.29, 1.82) is 0 Å². The summed E-state index contributed by atoms with van der Waals surface area (Å²) in [7, 11) is 0. The van der Waals surface area contributed by atoms with Crippen molar-refractivity contribution >= 4 is 11.6 Å². The van der Waals surface area contributed by atoms with Crippen molar-refractivity contribution in [2.24, 2.45) is 0 Å². The Labute approximate surface area is 91.7 Å². The van der Waals surface area contributed by atoms with Gasteiger partial charge in [0.2, 0.25) is 0 Å². The Balaban J connectivity index is 2.63. The fourth-order valence-corrected chi connectivity index (χ4v) is 1.56. The number of nitrogens with one attached hydrogen (secondary N) is 1. The Morgan fingerprint density at radius 2 is 2.13 bits per heavy atom. The smallest absolute Gasteiger partial charge is 0.267 e. The molecule has 0 saturated heterocycles. The lowest BCUT2D eigenvalue weighted by molar-refractivity contribution is 0.992. The van der Waals surface area contributed by atoms with Gasteiger partial charge in [-0.1, -0.05) is 41.4 Å². The van der Waals surface area contributed by atoms with Crippen LogP contribution in [0.3, 0.4) is 0 Å². The number of aromatic nitrogens is 2. The van der Waals surface area contributed by atoms with Crippen LogP contribution in [-0.4, -0.2) is 10.2 Å². The summed E-state index contributed by atoms with van der Waals surface area (Å²) in [6.45, 7) is 1.97. The zero-order valence-electron chi connectivity index (χ0n) is 8.12. The third-order valence-electron chi connectivity index (χ3n) is 2.10. The van der Waals surface area contributed by atoms with Gasteiger partial charge in [-0.15, -0.1) is 0 Å². The first kappa shape index (κ1) is 9.93. The van der Waals surface area contributed by atoms with E-state index < -0.39 is 0 Å². The summed E-state index contributed by atoms with van der Waals surface area (Å²) >= 11 is 5.73. The molecule has 0 aliphatic heterocycles. The van der Waals surface area contributed by atoms with E-state index >= 15 is 0 Å². The number of aryl methyl sites for hydroxylation is 1. The SMILES string of the molecule is Cc1cccc(-c2cc(Cl)n[nH]c2=O)c1. The van der Waals surface area contributed by atoms with Crippen LogP contribution in [0.25, 0.3) is 11.1 Å². The minimum absolute atomic E-state index is 0.231. The molecule has 0 fully saturated rings. The van der Waals surface area contributed by atoms with Crippen LogP contribution in [0.2, 0.25) is 5.15 Å². The Kier molecular flexibility index (Phi) is 2.56. The molecule has 1 N–H and O–H groups in total. The van der Waals surface area contributed by atoms with Crippen LogP contribution in [0, 0.1) is 6.92 Å². The van der Waals surface area contributed by atoms with Crippen molar-refractivity contribution in [1.82, 2.24) is 10.2 Å². The number of H-pyrrole nitrogens is 1. The van der Waals surface area contributed by atoms with Gasteiger partial charge in [-0.25, -0.2) is 5.10 Å².